The molecule has 0 aliphatic carbocycles. The molecule has 1 aliphatic rings. The summed E-state index contributed by atoms with van der Waals surface area (Å²) in [5, 5.41) is 0. The van der Waals surface area contributed by atoms with Gasteiger partial charge in [-0.1, -0.05) is 0 Å². The van der Waals surface area contributed by atoms with Gasteiger partial charge in [-0.25, -0.2) is 4.79 Å². The molecule has 0 spiro atoms. The molecule has 1 atom stereocenters. The summed E-state index contributed by atoms with van der Waals surface area (Å²) in [5.41, 5.74) is 0. The minimum absolute atomic E-state index is 0.179. The molecule has 1 amide bonds. The summed E-state index contributed by atoms with van der Waals surface area (Å²) in [6.45, 7) is 3.91. The van der Waals surface area contributed by atoms with E-state index in [0.29, 0.717) is 12.5 Å². The van der Waals surface area contributed by atoms with Crippen LogP contribution in [0.25, 0.3) is 0 Å². The van der Waals surface area contributed by atoms with Crippen molar-refractivity contribution in [2.45, 2.75) is 13.3 Å². The number of hydrogen-bond acceptors (Lipinski definition) is 3. The number of amides is 1. The third kappa shape index (κ3) is 2.30. The number of carbonyl (C=O) groups excluding carboxylic acids is 1. The Hall–Kier alpha value is -0.380. The summed E-state index contributed by atoms with van der Waals surface area (Å²) >= 11 is 4.20. The molecule has 3 nitrogen and oxygen atoms in total. The normalized spacial score (nSPS) is 22.8. The summed E-state index contributed by atoms with van der Waals surface area (Å²) in [6.07, 6.45) is 0.879. The fourth-order valence-electron chi connectivity index (χ4n) is 1.36. The van der Waals surface area contributed by atoms with Gasteiger partial charge in [0.15, 0.2) is 0 Å². The number of ether oxygens (including phenoxy) is 1. The number of thiol groups is 1. The average molecular weight is 189 g/mol. The van der Waals surface area contributed by atoms with E-state index in [4.69, 9.17) is 4.74 Å². The van der Waals surface area contributed by atoms with Crippen LogP contribution < -0.4 is 0 Å². The van der Waals surface area contributed by atoms with E-state index in [1.807, 2.05) is 6.92 Å². The molecule has 0 radical (unpaired) electrons. The zero-order valence-electron chi connectivity index (χ0n) is 7.32. The van der Waals surface area contributed by atoms with Gasteiger partial charge in [0, 0.05) is 13.1 Å². The summed E-state index contributed by atoms with van der Waals surface area (Å²) < 4.78 is 4.88. The Bertz CT molecular complexity index is 163. The molecule has 12 heavy (non-hydrogen) atoms. The van der Waals surface area contributed by atoms with Gasteiger partial charge in [-0.15, -0.1) is 0 Å². The van der Waals surface area contributed by atoms with Crippen LogP contribution in [0, 0.1) is 5.92 Å². The zero-order valence-corrected chi connectivity index (χ0v) is 8.22. The first-order valence-electron chi connectivity index (χ1n) is 4.30. The predicted molar refractivity (Wildman–Crippen MR) is 50.6 cm³/mol. The van der Waals surface area contributed by atoms with Gasteiger partial charge in [-0.05, 0) is 25.0 Å². The molecule has 1 unspecified atom stereocenters. The molecule has 4 heteroatoms. The third-order valence-electron chi connectivity index (χ3n) is 2.07. The first-order valence-corrected chi connectivity index (χ1v) is 4.93. The van der Waals surface area contributed by atoms with Gasteiger partial charge in [0.25, 0.3) is 0 Å². The second kappa shape index (κ2) is 4.60. The second-order valence-electron chi connectivity index (χ2n) is 2.98. The largest absolute Gasteiger partial charge is 0.450 e. The van der Waals surface area contributed by atoms with Crippen molar-refractivity contribution in [1.29, 1.82) is 0 Å². The van der Waals surface area contributed by atoms with Crippen LogP contribution in [0.1, 0.15) is 13.3 Å². The van der Waals surface area contributed by atoms with Crippen molar-refractivity contribution < 1.29 is 9.53 Å². The highest BCUT2D eigenvalue weighted by Crippen LogP contribution is 2.17. The van der Waals surface area contributed by atoms with Gasteiger partial charge < -0.3 is 9.64 Å². The van der Waals surface area contributed by atoms with Crippen molar-refractivity contribution >= 4 is 18.7 Å². The van der Waals surface area contributed by atoms with Crippen LogP contribution in [0.4, 0.5) is 4.79 Å². The van der Waals surface area contributed by atoms with Crippen LogP contribution >= 0.6 is 12.6 Å². The molecule has 1 aliphatic heterocycles. The summed E-state index contributed by atoms with van der Waals surface area (Å²) in [5.74, 6) is 1.41. The molecular formula is C8H15NO2S. The van der Waals surface area contributed by atoms with Crippen molar-refractivity contribution in [2.75, 3.05) is 25.4 Å². The topological polar surface area (TPSA) is 29.5 Å². The van der Waals surface area contributed by atoms with E-state index in [2.05, 4.69) is 12.6 Å². The molecule has 1 saturated heterocycles. The maximum atomic E-state index is 11.2. The van der Waals surface area contributed by atoms with E-state index in [1.54, 1.807) is 4.90 Å². The zero-order chi connectivity index (χ0) is 8.97. The monoisotopic (exact) mass is 189 g/mol. The Morgan fingerprint density at radius 3 is 3.00 bits per heavy atom. The smallest absolute Gasteiger partial charge is 0.409 e. The van der Waals surface area contributed by atoms with Crippen LogP contribution in [0.5, 0.6) is 0 Å². The van der Waals surface area contributed by atoms with Crippen LogP contribution in [-0.4, -0.2) is 36.4 Å². The Labute approximate surface area is 78.5 Å². The molecule has 1 heterocycles. The minimum atomic E-state index is -0.179. The van der Waals surface area contributed by atoms with Gasteiger partial charge in [0.2, 0.25) is 0 Å². The molecule has 1 fully saturated rings. The number of hydrogen-bond donors (Lipinski definition) is 1. The first kappa shape index (κ1) is 9.71. The second-order valence-corrected chi connectivity index (χ2v) is 3.35. The molecular weight excluding hydrogens is 174 g/mol. The molecule has 0 bridgehead atoms. The van der Waals surface area contributed by atoms with Crippen LogP contribution in [0.2, 0.25) is 0 Å². The van der Waals surface area contributed by atoms with Gasteiger partial charge in [0.05, 0.1) is 6.61 Å². The minimum Gasteiger partial charge on any atom is -0.450 e. The Morgan fingerprint density at radius 2 is 2.50 bits per heavy atom. The lowest BCUT2D eigenvalue weighted by Crippen LogP contribution is -2.29. The SMILES string of the molecule is CCOC(=O)N1CCC(CS)C1. The van der Waals surface area contributed by atoms with E-state index in [9.17, 15) is 4.79 Å². The lowest BCUT2D eigenvalue weighted by Gasteiger charge is -2.14. The van der Waals surface area contributed by atoms with E-state index in [-0.39, 0.29) is 6.09 Å². The fourth-order valence-corrected chi connectivity index (χ4v) is 1.66. The Balaban J connectivity index is 2.31. The number of carbonyl (C=O) groups is 1. The molecule has 0 aromatic carbocycles. The fraction of sp³-hybridized carbons (Fsp3) is 0.875. The quantitative estimate of drug-likeness (QED) is 0.665. The average Bonchev–Trinajstić information content (AvgIpc) is 2.52. The molecule has 0 aromatic rings. The number of likely N-dealkylation sites (tertiary alicyclic amines) is 1. The van der Waals surface area contributed by atoms with E-state index >= 15 is 0 Å². The van der Waals surface area contributed by atoms with E-state index < -0.39 is 0 Å². The molecule has 0 saturated carbocycles. The van der Waals surface area contributed by atoms with Gasteiger partial charge in [-0.2, -0.15) is 12.6 Å². The Morgan fingerprint density at radius 1 is 1.75 bits per heavy atom. The van der Waals surface area contributed by atoms with Crippen molar-refractivity contribution in [1.82, 2.24) is 4.90 Å². The molecule has 0 aromatic heterocycles. The highest BCUT2D eigenvalue weighted by atomic mass is 32.1. The summed E-state index contributed by atoms with van der Waals surface area (Å²) in [7, 11) is 0. The summed E-state index contributed by atoms with van der Waals surface area (Å²) in [6, 6.07) is 0. The summed E-state index contributed by atoms with van der Waals surface area (Å²) in [4.78, 5) is 12.9. The van der Waals surface area contributed by atoms with Gasteiger partial charge >= 0.3 is 6.09 Å². The maximum Gasteiger partial charge on any atom is 0.409 e. The standard InChI is InChI=1S/C8H15NO2S/c1-2-11-8(10)9-4-3-7(5-9)6-12/h7,12H,2-6H2,1H3. The third-order valence-corrected chi connectivity index (χ3v) is 2.59. The van der Waals surface area contributed by atoms with E-state index in [0.717, 1.165) is 25.3 Å². The van der Waals surface area contributed by atoms with Crippen molar-refractivity contribution in [2.24, 2.45) is 5.92 Å². The van der Waals surface area contributed by atoms with Gasteiger partial charge in [-0.3, -0.25) is 0 Å². The Kier molecular flexibility index (Phi) is 3.72. The number of rotatable bonds is 2. The van der Waals surface area contributed by atoms with Crippen molar-refractivity contribution in [3.63, 3.8) is 0 Å². The molecule has 70 valence electrons. The highest BCUT2D eigenvalue weighted by molar-refractivity contribution is 7.80. The highest BCUT2D eigenvalue weighted by Gasteiger charge is 2.25. The van der Waals surface area contributed by atoms with Gasteiger partial charge in [0.1, 0.15) is 0 Å². The molecule has 1 rings (SSSR count). The van der Waals surface area contributed by atoms with Crippen molar-refractivity contribution in [3.05, 3.63) is 0 Å². The lowest BCUT2D eigenvalue weighted by atomic mass is 10.2. The lowest BCUT2D eigenvalue weighted by molar-refractivity contribution is 0.115. The van der Waals surface area contributed by atoms with E-state index in [1.165, 1.54) is 0 Å². The van der Waals surface area contributed by atoms with Crippen molar-refractivity contribution in [3.8, 4) is 0 Å². The maximum absolute atomic E-state index is 11.2. The van der Waals surface area contributed by atoms with Crippen LogP contribution in [0.3, 0.4) is 0 Å². The number of nitrogens with zero attached hydrogens (tertiary/aromatic N) is 1. The van der Waals surface area contributed by atoms with Crippen LogP contribution in [0.15, 0.2) is 0 Å². The van der Waals surface area contributed by atoms with Crippen LogP contribution in [-0.2, 0) is 4.74 Å². The molecule has 0 N–H and O–H groups in total. The first-order chi connectivity index (χ1) is 5.77. The predicted octanol–water partition coefficient (Wildman–Crippen LogP) is 1.39.